The standard InChI is InChI=1S/C46H70N8O33/c55-7-18(60)27(64)38-25-16(58)1-45(86-38,43(74)75)80-12-21-29(66)31(68)34(71)40(83-21)78-10-14-3-53(51-49-14)5-23(62)48-26-17(59)2-46(44(76)77,87-39(26)28(65)19(61)8-56)81-13-22-30(67)32(69)35(72)42(84-22)85-37-20(9-57)82-41(36(73)33(37)70)79-11-15-4-54(52-50-15)6-24(63)47-25/h3-4,16-22,25-42,55-61,64-73H,1-2,5-13H2,(H,47,63)(H,48,62)(H,74,75)(H,76,77)/t16-,17-,18+,19+,20+,21+,22+,25+,26+,27+,28+,29-,30-,31-,32-,33+,34+,35+,36+,37+,38+,39+,40+,41+,42-,45+,46+/m0/s1. The molecule has 41 nitrogen and oxygen atoms in total. The van der Waals surface area contributed by atoms with Gasteiger partial charge in [-0.15, -0.1) is 10.2 Å². The maximum Gasteiger partial charge on any atom is 0.364 e. The fourth-order valence-corrected chi connectivity index (χ4v) is 10.4. The number of amides is 2. The van der Waals surface area contributed by atoms with Gasteiger partial charge in [0.25, 0.3) is 11.6 Å². The second kappa shape index (κ2) is 28.5. The van der Waals surface area contributed by atoms with Crippen molar-refractivity contribution in [1.82, 2.24) is 40.6 Å². The number of nitrogens with one attached hydrogen (secondary N) is 2. The fraction of sp³-hybridized carbons (Fsp3) is 0.826. The number of ether oxygens (including phenoxy) is 10. The topological polar surface area (TPSA) is 630 Å². The predicted octanol–water partition coefficient (Wildman–Crippen LogP) is -14.7. The minimum atomic E-state index is -3.08. The first kappa shape index (κ1) is 68.0. The first-order valence-corrected chi connectivity index (χ1v) is 26.8. The summed E-state index contributed by atoms with van der Waals surface area (Å²) in [5.74, 6) is -12.2. The van der Waals surface area contributed by atoms with E-state index in [4.69, 9.17) is 47.4 Å². The number of rotatable bonds is 9. The van der Waals surface area contributed by atoms with E-state index >= 15 is 0 Å². The summed E-state index contributed by atoms with van der Waals surface area (Å²) in [6.45, 7) is -8.33. The van der Waals surface area contributed by atoms with Crippen LogP contribution in [0, 0.1) is 0 Å². The Bertz CT molecular complexity index is 2630. The lowest BCUT2D eigenvalue weighted by Gasteiger charge is -2.48. The minimum absolute atomic E-state index is 0.0835. The summed E-state index contributed by atoms with van der Waals surface area (Å²) in [5, 5.41) is 225. The van der Waals surface area contributed by atoms with Crippen LogP contribution in [0.3, 0.4) is 0 Å². The Morgan fingerprint density at radius 2 is 0.966 bits per heavy atom. The molecule has 0 aromatic carbocycles. The SMILES string of the molecule is O=C1Cn2cc(nn2)CO[C@@H]2O[C@H](CO[C@]3(C(=O)O)C[C@H](O)[C@@H](NC(=O)Cn4cc(nn4)CO[C@@H]4O[C@H](CO)[C@@H](O[C@@H]5O[C@H](CO[C@]6(C(=O)O)C[C@H](O)[C@@H](N1)[C@H]([C@H](O)[C@H](O)CO)O6)[C@H](O)[C@H](O)[C@H]5O)[C@H](O)[C@H]4O)[C@H]([C@H](O)[C@H](O)CO)O3)[C@H](O)[C@H](O)[C@H]2O. The third kappa shape index (κ3) is 14.8. The van der Waals surface area contributed by atoms with Gasteiger partial charge in [-0.3, -0.25) is 9.59 Å². The molecule has 0 spiro atoms. The Kier molecular flexibility index (Phi) is 22.3. The zero-order valence-corrected chi connectivity index (χ0v) is 45.3. The summed E-state index contributed by atoms with van der Waals surface area (Å²) in [7, 11) is 0. The summed E-state index contributed by atoms with van der Waals surface area (Å²) in [6, 6.07) is -3.63. The van der Waals surface area contributed by atoms with E-state index in [-0.39, 0.29) is 11.4 Å². The van der Waals surface area contributed by atoms with Crippen molar-refractivity contribution in [2.24, 2.45) is 0 Å². The number of nitrogens with zero attached hydrogens (tertiary/aromatic N) is 6. The van der Waals surface area contributed by atoms with Crippen LogP contribution in [0.1, 0.15) is 24.2 Å². The molecule has 492 valence electrons. The van der Waals surface area contributed by atoms with Crippen LogP contribution >= 0.6 is 0 Å². The molecule has 41 heteroatoms. The van der Waals surface area contributed by atoms with Crippen molar-refractivity contribution in [3.05, 3.63) is 23.8 Å². The van der Waals surface area contributed by atoms with Crippen molar-refractivity contribution < 1.29 is 164 Å². The highest BCUT2D eigenvalue weighted by Crippen LogP contribution is 2.38. The number of aliphatic carboxylic acids is 2. The first-order valence-electron chi connectivity index (χ1n) is 26.8. The number of aromatic nitrogens is 6. The molecule has 9 aliphatic rings. The van der Waals surface area contributed by atoms with Gasteiger partial charge in [0.1, 0.15) is 134 Å². The molecule has 9 aliphatic heterocycles. The van der Waals surface area contributed by atoms with Crippen LogP contribution in [0.25, 0.3) is 0 Å². The molecule has 5 saturated heterocycles. The van der Waals surface area contributed by atoms with Crippen LogP contribution in [0.15, 0.2) is 12.4 Å². The van der Waals surface area contributed by atoms with Crippen molar-refractivity contribution in [1.29, 1.82) is 0 Å². The zero-order chi connectivity index (χ0) is 63.6. The number of aliphatic hydroxyl groups excluding tert-OH is 17. The van der Waals surface area contributed by atoms with Gasteiger partial charge in [-0.2, -0.15) is 0 Å². The van der Waals surface area contributed by atoms with E-state index in [1.54, 1.807) is 0 Å². The molecule has 2 amide bonds. The average Bonchev–Trinajstić information content (AvgIpc) is 1.78. The normalized spacial score (nSPS) is 42.1. The summed E-state index contributed by atoms with van der Waals surface area (Å²) >= 11 is 0. The van der Waals surface area contributed by atoms with E-state index in [2.05, 4.69) is 31.3 Å². The van der Waals surface area contributed by atoms with Crippen molar-refractivity contribution in [3.63, 3.8) is 0 Å². The second-order valence-electron chi connectivity index (χ2n) is 21.4. The highest BCUT2D eigenvalue weighted by atomic mass is 16.8. The summed E-state index contributed by atoms with van der Waals surface area (Å²) in [4.78, 5) is 53.0. The monoisotopic (exact) mass is 1260 g/mol. The number of fused-ring (bicyclic) bond motifs is 3. The number of carbonyl (C=O) groups is 4. The van der Waals surface area contributed by atoms with Crippen LogP contribution in [0.5, 0.6) is 0 Å². The van der Waals surface area contributed by atoms with Crippen LogP contribution in [-0.2, 0) is 92.9 Å². The average molecular weight is 1260 g/mol. The zero-order valence-electron chi connectivity index (χ0n) is 45.3. The Morgan fingerprint density at radius 1 is 0.563 bits per heavy atom. The van der Waals surface area contributed by atoms with Crippen LogP contribution < -0.4 is 10.6 Å². The Balaban J connectivity index is 1.06. The van der Waals surface area contributed by atoms with Crippen molar-refractivity contribution in [2.45, 2.75) is 204 Å². The Morgan fingerprint density at radius 3 is 1.38 bits per heavy atom. The third-order valence-electron chi connectivity index (χ3n) is 15.3. The molecule has 87 heavy (non-hydrogen) atoms. The smallest absolute Gasteiger partial charge is 0.364 e. The lowest BCUT2D eigenvalue weighted by Crippen LogP contribution is -2.69. The Labute approximate surface area is 487 Å². The van der Waals surface area contributed by atoms with E-state index in [1.165, 1.54) is 0 Å². The molecule has 0 saturated carbocycles. The summed E-state index contributed by atoms with van der Waals surface area (Å²) < 4.78 is 58.2. The molecule has 0 aliphatic carbocycles. The van der Waals surface area contributed by atoms with Crippen LogP contribution in [0.2, 0.25) is 0 Å². The largest absolute Gasteiger partial charge is 0.477 e. The lowest BCUT2D eigenvalue weighted by atomic mass is 9.88. The number of hydrogen-bond acceptors (Lipinski definition) is 35. The highest BCUT2D eigenvalue weighted by Gasteiger charge is 2.60. The van der Waals surface area contributed by atoms with E-state index in [0.717, 1.165) is 21.8 Å². The first-order chi connectivity index (χ1) is 41.1. The molecule has 2 aromatic rings. The molecular formula is C46H70N8O33. The molecule has 11 heterocycles. The van der Waals surface area contributed by atoms with E-state index in [1.807, 2.05) is 0 Å². The summed E-state index contributed by atoms with van der Waals surface area (Å²) in [5.41, 5.74) is -0.203. The van der Waals surface area contributed by atoms with Crippen molar-refractivity contribution in [2.75, 3.05) is 33.0 Å². The number of carbonyl (C=O) groups excluding carboxylic acids is 2. The number of carboxylic acids is 2. The second-order valence-corrected chi connectivity index (χ2v) is 21.4. The quantitative estimate of drug-likeness (QED) is 0.111. The maximum atomic E-state index is 13.5. The molecule has 11 rings (SSSR count). The van der Waals surface area contributed by atoms with Gasteiger partial charge in [-0.25, -0.2) is 19.0 Å². The van der Waals surface area contributed by atoms with Gasteiger partial charge in [0, 0.05) is 12.8 Å². The van der Waals surface area contributed by atoms with Gasteiger partial charge in [-0.05, 0) is 0 Å². The lowest BCUT2D eigenvalue weighted by molar-refractivity contribution is -0.368. The molecule has 0 unspecified atom stereocenters. The molecule has 5 fully saturated rings. The van der Waals surface area contributed by atoms with Crippen molar-refractivity contribution in [3.8, 4) is 0 Å². The van der Waals surface area contributed by atoms with E-state index < -0.39 is 261 Å². The van der Waals surface area contributed by atoms with E-state index in [9.17, 15) is 116 Å². The fourth-order valence-electron chi connectivity index (χ4n) is 10.4. The molecule has 0 radical (unpaired) electrons. The van der Waals surface area contributed by atoms with Gasteiger partial charge in [0.15, 0.2) is 18.9 Å². The minimum Gasteiger partial charge on any atom is -0.477 e. The van der Waals surface area contributed by atoms with Gasteiger partial charge in [-0.1, -0.05) is 10.4 Å². The maximum absolute atomic E-state index is 13.5. The third-order valence-corrected chi connectivity index (χ3v) is 15.3. The highest BCUT2D eigenvalue weighted by molar-refractivity contribution is 5.78. The number of aliphatic hydroxyl groups is 17. The van der Waals surface area contributed by atoms with Gasteiger partial charge < -0.3 is 155 Å². The molecular weight excluding hydrogens is 1190 g/mol. The van der Waals surface area contributed by atoms with Gasteiger partial charge in [0.05, 0.1) is 82.9 Å². The van der Waals surface area contributed by atoms with Crippen LogP contribution in [0.4, 0.5) is 0 Å². The summed E-state index contributed by atoms with van der Waals surface area (Å²) in [6.07, 6.45) is -47.2. The van der Waals surface area contributed by atoms with Gasteiger partial charge >= 0.3 is 11.9 Å². The molecule has 2 aromatic heterocycles. The van der Waals surface area contributed by atoms with Crippen LogP contribution in [-0.4, -0.2) is 348 Å². The number of hydrogen-bond donors (Lipinski definition) is 21. The molecule has 21 N–H and O–H groups in total. The molecule has 27 atom stereocenters. The predicted molar refractivity (Wildman–Crippen MR) is 261 cm³/mol. The van der Waals surface area contributed by atoms with Gasteiger partial charge in [0.2, 0.25) is 11.8 Å². The van der Waals surface area contributed by atoms with Crippen molar-refractivity contribution >= 4 is 23.8 Å². The number of carboxylic acid groups (broad SMARTS) is 2. The Hall–Kier alpha value is -4.92. The van der Waals surface area contributed by atoms with E-state index in [0.29, 0.717) is 0 Å². The molecule has 14 bridgehead atoms.